The third-order valence-corrected chi connectivity index (χ3v) is 8.50. The van der Waals surface area contributed by atoms with Gasteiger partial charge >= 0.3 is 18.2 Å². The minimum absolute atomic E-state index is 0.00579. The van der Waals surface area contributed by atoms with Crippen molar-refractivity contribution >= 4 is 24.1 Å². The fourth-order valence-electron chi connectivity index (χ4n) is 6.15. The predicted octanol–water partition coefficient (Wildman–Crippen LogP) is 3.72. The minimum atomic E-state index is -1.12. The first-order valence-corrected chi connectivity index (χ1v) is 16.8. The predicted molar refractivity (Wildman–Crippen MR) is 175 cm³/mol. The van der Waals surface area contributed by atoms with Crippen molar-refractivity contribution in [3.05, 3.63) is 54.1 Å². The number of para-hydroxylation sites is 2. The number of alkyl carbamates (subject to hydrolysis) is 2. The molecular formula is C35H45N3O12. The molecule has 2 fully saturated rings. The molecular weight excluding hydrogens is 654 g/mol. The summed E-state index contributed by atoms with van der Waals surface area (Å²) in [5.41, 5.74) is 0.747. The van der Waals surface area contributed by atoms with Gasteiger partial charge < -0.3 is 53.8 Å². The summed E-state index contributed by atoms with van der Waals surface area (Å²) in [7, 11) is 1.25. The summed E-state index contributed by atoms with van der Waals surface area (Å²) in [6, 6.07) is 13.9. The average Bonchev–Trinajstić information content (AvgIpc) is 3.60. The summed E-state index contributed by atoms with van der Waals surface area (Å²) < 4.78 is 45.5. The number of ether oxygens (including phenoxy) is 8. The lowest BCUT2D eigenvalue weighted by Crippen LogP contribution is -2.53. The molecule has 0 aromatic heterocycles. The van der Waals surface area contributed by atoms with Crippen LogP contribution in [0.1, 0.15) is 57.4 Å². The van der Waals surface area contributed by atoms with E-state index in [1.807, 2.05) is 42.5 Å². The van der Waals surface area contributed by atoms with Gasteiger partial charge in [0.1, 0.15) is 31.1 Å². The van der Waals surface area contributed by atoms with Crippen LogP contribution in [0.4, 0.5) is 9.59 Å². The highest BCUT2D eigenvalue weighted by Gasteiger charge is 2.47. The van der Waals surface area contributed by atoms with Gasteiger partial charge in [0, 0.05) is 37.8 Å². The van der Waals surface area contributed by atoms with E-state index in [1.165, 1.54) is 14.0 Å². The maximum Gasteiger partial charge on any atom is 0.407 e. The van der Waals surface area contributed by atoms with Crippen LogP contribution in [0.2, 0.25) is 0 Å². The lowest BCUT2D eigenvalue weighted by atomic mass is 9.90. The number of benzene rings is 2. The highest BCUT2D eigenvalue weighted by atomic mass is 16.7. The van der Waals surface area contributed by atoms with Gasteiger partial charge in [0.2, 0.25) is 12.7 Å². The number of amides is 3. The van der Waals surface area contributed by atoms with Gasteiger partial charge in [-0.15, -0.1) is 0 Å². The number of esters is 1. The Morgan fingerprint density at radius 2 is 1.80 bits per heavy atom. The maximum atomic E-state index is 13.0. The van der Waals surface area contributed by atoms with Crippen molar-refractivity contribution in [2.75, 3.05) is 33.7 Å². The largest absolute Gasteiger partial charge is 0.492 e. The lowest BCUT2D eigenvalue weighted by Gasteiger charge is -2.47. The van der Waals surface area contributed by atoms with Gasteiger partial charge in [-0.05, 0) is 44.4 Å². The van der Waals surface area contributed by atoms with E-state index in [1.54, 1.807) is 6.07 Å². The molecule has 0 bridgehead atoms. The fraction of sp³-hybridized carbons (Fsp3) is 0.543. The van der Waals surface area contributed by atoms with Gasteiger partial charge in [-0.2, -0.15) is 0 Å². The van der Waals surface area contributed by atoms with Crippen LogP contribution < -0.4 is 30.2 Å². The normalized spacial score (nSPS) is 22.9. The summed E-state index contributed by atoms with van der Waals surface area (Å²) >= 11 is 0. The number of nitrogens with one attached hydrogen (secondary N) is 3. The van der Waals surface area contributed by atoms with Crippen LogP contribution in [0, 0.1) is 0 Å². The molecule has 2 aromatic carbocycles. The Bertz CT molecular complexity index is 1460. The van der Waals surface area contributed by atoms with Crippen molar-refractivity contribution in [2.24, 2.45) is 0 Å². The monoisotopic (exact) mass is 699 g/mol. The molecule has 3 heterocycles. The van der Waals surface area contributed by atoms with E-state index in [0.717, 1.165) is 5.56 Å². The van der Waals surface area contributed by atoms with Gasteiger partial charge in [0.25, 0.3) is 0 Å². The van der Waals surface area contributed by atoms with Crippen LogP contribution >= 0.6 is 0 Å². The van der Waals surface area contributed by atoms with E-state index < -0.39 is 48.3 Å². The molecule has 3 amide bonds. The lowest BCUT2D eigenvalue weighted by molar-refractivity contribution is -0.329. The molecule has 2 aromatic rings. The second-order valence-corrected chi connectivity index (χ2v) is 12.3. The van der Waals surface area contributed by atoms with Gasteiger partial charge in [-0.3, -0.25) is 4.79 Å². The van der Waals surface area contributed by atoms with E-state index in [0.29, 0.717) is 42.9 Å². The molecule has 5 rings (SSSR count). The Hall–Kier alpha value is -4.76. The van der Waals surface area contributed by atoms with Crippen molar-refractivity contribution in [3.8, 4) is 17.2 Å². The molecule has 5 atom stereocenters. The zero-order chi connectivity index (χ0) is 35.3. The smallest absolute Gasteiger partial charge is 0.407 e. The summed E-state index contributed by atoms with van der Waals surface area (Å²) in [6.45, 7) is 2.35. The van der Waals surface area contributed by atoms with Crippen molar-refractivity contribution in [1.29, 1.82) is 0 Å². The molecule has 15 heteroatoms. The van der Waals surface area contributed by atoms with Crippen LogP contribution in [0.15, 0.2) is 48.5 Å². The highest BCUT2D eigenvalue weighted by Crippen LogP contribution is 2.41. The van der Waals surface area contributed by atoms with E-state index >= 15 is 0 Å². The highest BCUT2D eigenvalue weighted by molar-refractivity contribution is 5.84. The zero-order valence-corrected chi connectivity index (χ0v) is 28.3. The number of methoxy groups -OCH3 is 1. The van der Waals surface area contributed by atoms with Crippen molar-refractivity contribution in [2.45, 2.75) is 88.6 Å². The van der Waals surface area contributed by atoms with Crippen LogP contribution in [0.3, 0.4) is 0 Å². The molecule has 272 valence electrons. The molecule has 0 unspecified atom stereocenters. The Labute approximate surface area is 290 Å². The average molecular weight is 700 g/mol. The van der Waals surface area contributed by atoms with Gasteiger partial charge in [-0.25, -0.2) is 14.4 Å². The Morgan fingerprint density at radius 1 is 0.980 bits per heavy atom. The van der Waals surface area contributed by atoms with Crippen molar-refractivity contribution < 1.29 is 57.1 Å². The Morgan fingerprint density at radius 3 is 2.62 bits per heavy atom. The Kier molecular flexibility index (Phi) is 13.0. The molecule has 15 nitrogen and oxygen atoms in total. The molecule has 0 radical (unpaired) electrons. The molecule has 50 heavy (non-hydrogen) atoms. The molecule has 3 N–H and O–H groups in total. The second-order valence-electron chi connectivity index (χ2n) is 12.3. The van der Waals surface area contributed by atoms with Crippen LogP contribution in [0.25, 0.3) is 0 Å². The van der Waals surface area contributed by atoms with Crippen molar-refractivity contribution in [1.82, 2.24) is 16.0 Å². The van der Waals surface area contributed by atoms with Crippen molar-refractivity contribution in [3.63, 3.8) is 0 Å². The molecule has 3 aliphatic heterocycles. The summed E-state index contributed by atoms with van der Waals surface area (Å²) in [5, 5.41) is 8.07. The molecule has 1 spiro atoms. The van der Waals surface area contributed by atoms with Crippen LogP contribution in [0.5, 0.6) is 17.2 Å². The Balaban J connectivity index is 1.15. The number of fused-ring (bicyclic) bond motifs is 1. The van der Waals surface area contributed by atoms with E-state index in [-0.39, 0.29) is 58.3 Å². The number of hydrogen-bond donors (Lipinski definition) is 3. The first-order chi connectivity index (χ1) is 24.2. The van der Waals surface area contributed by atoms with E-state index in [4.69, 9.17) is 33.2 Å². The quantitative estimate of drug-likeness (QED) is 0.148. The first-order valence-electron chi connectivity index (χ1n) is 16.8. The summed E-state index contributed by atoms with van der Waals surface area (Å²) in [4.78, 5) is 49.8. The second kappa shape index (κ2) is 17.8. The van der Waals surface area contributed by atoms with E-state index in [2.05, 4.69) is 20.7 Å². The first kappa shape index (κ1) is 36.5. The SMILES string of the molecule is COC(=O)[C@H](C)NC(=O)CC[C@@H]1C[C@@H](OC(=O)NCc2cccc3c2OCO3)C[C@@]2(CCC[C@H](COC(=O)NCCOc3ccccc3)O2)O1. The molecule has 0 saturated carbocycles. The molecule has 2 saturated heterocycles. The van der Waals surface area contributed by atoms with Gasteiger partial charge in [0.15, 0.2) is 17.3 Å². The summed E-state index contributed by atoms with van der Waals surface area (Å²) in [6.07, 6.45) is -0.0113. The molecule has 3 aliphatic rings. The minimum Gasteiger partial charge on any atom is -0.492 e. The number of carbonyl (C=O) groups excluding carboxylic acids is 4. The summed E-state index contributed by atoms with van der Waals surface area (Å²) in [5.74, 6) is -0.131. The topological polar surface area (TPSA) is 178 Å². The van der Waals surface area contributed by atoms with Crippen LogP contribution in [-0.4, -0.2) is 87.9 Å². The fourth-order valence-corrected chi connectivity index (χ4v) is 6.15. The molecule has 0 aliphatic carbocycles. The van der Waals surface area contributed by atoms with E-state index in [9.17, 15) is 19.2 Å². The number of hydrogen-bond acceptors (Lipinski definition) is 12. The maximum absolute atomic E-state index is 13.0. The number of carbonyl (C=O) groups is 4. The van der Waals surface area contributed by atoms with Gasteiger partial charge in [0.05, 0.1) is 25.9 Å². The standard InChI is InChI=1S/C35H45N3O12/c1-23(32(40)43-2)38-30(39)14-13-26-18-28(48-34(42)37-20-24-8-6-12-29-31(24)47-22-46-29)19-35(49-26)15-7-11-27(50-35)21-45-33(41)36-16-17-44-25-9-4-3-5-10-25/h3-6,8-10,12,23,26-28H,7,11,13-22H2,1-2H3,(H,36,41)(H,37,42)(H,38,39)/t23-,26+,27+,28+,35-/m0/s1. The zero-order valence-electron chi connectivity index (χ0n) is 28.3. The number of rotatable bonds is 14. The van der Waals surface area contributed by atoms with Gasteiger partial charge in [-0.1, -0.05) is 30.3 Å². The third kappa shape index (κ3) is 10.6. The third-order valence-electron chi connectivity index (χ3n) is 8.50. The van der Waals surface area contributed by atoms with Crippen LogP contribution in [-0.2, 0) is 39.8 Å².